The Morgan fingerprint density at radius 3 is 2.70 bits per heavy atom. The maximum absolute atomic E-state index is 13.9. The molecule has 0 spiro atoms. The molecule has 1 aliphatic rings. The predicted octanol–water partition coefficient (Wildman–Crippen LogP) is 3.60. The molecule has 1 aromatic rings. The van der Waals surface area contributed by atoms with Gasteiger partial charge in [-0.05, 0) is 58.3 Å². The second-order valence-electron chi connectivity index (χ2n) is 5.97. The van der Waals surface area contributed by atoms with Gasteiger partial charge >= 0.3 is 0 Å². The molecule has 2 nitrogen and oxygen atoms in total. The summed E-state index contributed by atoms with van der Waals surface area (Å²) in [6.07, 6.45) is 3.70. The van der Waals surface area contributed by atoms with Crippen molar-refractivity contribution in [1.29, 1.82) is 0 Å². The van der Waals surface area contributed by atoms with Gasteiger partial charge in [-0.15, -0.1) is 0 Å². The monoisotopic (exact) mass is 278 g/mol. The number of hydrogen-bond donors (Lipinski definition) is 1. The van der Waals surface area contributed by atoms with Crippen molar-refractivity contribution in [2.45, 2.75) is 45.2 Å². The standard InChI is InChI=1S/C17H27FN2/c1-4-11-19-12-14-9-10-17(14)20(3)13(2)15-7-5-6-8-16(15)18/h5-8,13-14,17,19H,4,9-12H2,1-3H3. The zero-order valence-electron chi connectivity index (χ0n) is 12.9. The molecule has 0 heterocycles. The Labute approximate surface area is 122 Å². The second kappa shape index (κ2) is 7.19. The van der Waals surface area contributed by atoms with Crippen molar-refractivity contribution in [2.24, 2.45) is 5.92 Å². The van der Waals surface area contributed by atoms with Crippen LogP contribution in [0.2, 0.25) is 0 Å². The van der Waals surface area contributed by atoms with Gasteiger partial charge in [-0.2, -0.15) is 0 Å². The van der Waals surface area contributed by atoms with Crippen molar-refractivity contribution >= 4 is 0 Å². The van der Waals surface area contributed by atoms with Gasteiger partial charge in [0.25, 0.3) is 0 Å². The molecule has 0 amide bonds. The van der Waals surface area contributed by atoms with E-state index in [1.807, 2.05) is 12.1 Å². The van der Waals surface area contributed by atoms with E-state index in [9.17, 15) is 4.39 Å². The van der Waals surface area contributed by atoms with Crippen molar-refractivity contribution in [3.63, 3.8) is 0 Å². The molecule has 1 saturated carbocycles. The molecule has 112 valence electrons. The van der Waals surface area contributed by atoms with Gasteiger partial charge in [0.1, 0.15) is 5.82 Å². The fourth-order valence-electron chi connectivity index (χ4n) is 3.11. The van der Waals surface area contributed by atoms with E-state index in [2.05, 4.69) is 31.1 Å². The summed E-state index contributed by atoms with van der Waals surface area (Å²) in [7, 11) is 2.13. The maximum atomic E-state index is 13.9. The Bertz CT molecular complexity index is 421. The highest BCUT2D eigenvalue weighted by molar-refractivity contribution is 5.21. The minimum Gasteiger partial charge on any atom is -0.316 e. The molecule has 3 atom stereocenters. The summed E-state index contributed by atoms with van der Waals surface area (Å²) in [5.41, 5.74) is 0.808. The van der Waals surface area contributed by atoms with Crippen LogP contribution in [-0.2, 0) is 0 Å². The summed E-state index contributed by atoms with van der Waals surface area (Å²) in [6, 6.07) is 7.85. The number of nitrogens with one attached hydrogen (secondary N) is 1. The second-order valence-corrected chi connectivity index (χ2v) is 5.97. The average Bonchev–Trinajstić information content (AvgIpc) is 2.42. The minimum absolute atomic E-state index is 0.0909. The fraction of sp³-hybridized carbons (Fsp3) is 0.647. The van der Waals surface area contributed by atoms with Gasteiger partial charge in [0, 0.05) is 17.6 Å². The van der Waals surface area contributed by atoms with Gasteiger partial charge in [-0.1, -0.05) is 25.1 Å². The van der Waals surface area contributed by atoms with Gasteiger partial charge in [-0.3, -0.25) is 4.90 Å². The average molecular weight is 278 g/mol. The molecule has 0 radical (unpaired) electrons. The molecule has 2 rings (SSSR count). The summed E-state index contributed by atoms with van der Waals surface area (Å²) in [4.78, 5) is 2.35. The Morgan fingerprint density at radius 1 is 1.35 bits per heavy atom. The summed E-state index contributed by atoms with van der Waals surface area (Å²) in [5.74, 6) is 0.618. The van der Waals surface area contributed by atoms with Crippen molar-refractivity contribution in [1.82, 2.24) is 10.2 Å². The molecule has 0 aliphatic heterocycles. The van der Waals surface area contributed by atoms with Crippen molar-refractivity contribution in [3.8, 4) is 0 Å². The summed E-state index contributed by atoms with van der Waals surface area (Å²) < 4.78 is 13.9. The predicted molar refractivity (Wildman–Crippen MR) is 82.3 cm³/mol. The quantitative estimate of drug-likeness (QED) is 0.767. The molecule has 1 N–H and O–H groups in total. The number of hydrogen-bond acceptors (Lipinski definition) is 2. The first kappa shape index (κ1) is 15.5. The largest absolute Gasteiger partial charge is 0.316 e. The molecule has 0 bridgehead atoms. The van der Waals surface area contributed by atoms with E-state index in [0.29, 0.717) is 12.0 Å². The summed E-state index contributed by atoms with van der Waals surface area (Å²) in [5, 5.41) is 3.51. The lowest BCUT2D eigenvalue weighted by Gasteiger charge is -2.45. The van der Waals surface area contributed by atoms with E-state index < -0.39 is 0 Å². The van der Waals surface area contributed by atoms with Crippen LogP contribution < -0.4 is 5.32 Å². The number of halogens is 1. The van der Waals surface area contributed by atoms with Crippen LogP contribution in [0.5, 0.6) is 0 Å². The number of benzene rings is 1. The summed E-state index contributed by atoms with van der Waals surface area (Å²) >= 11 is 0. The first-order valence-electron chi connectivity index (χ1n) is 7.82. The van der Waals surface area contributed by atoms with Crippen LogP contribution in [0.1, 0.15) is 44.7 Å². The Kier molecular flexibility index (Phi) is 5.55. The highest BCUT2D eigenvalue weighted by atomic mass is 19.1. The van der Waals surface area contributed by atoms with Crippen LogP contribution in [0.15, 0.2) is 24.3 Å². The smallest absolute Gasteiger partial charge is 0.127 e. The first-order chi connectivity index (χ1) is 9.65. The van der Waals surface area contributed by atoms with Crippen LogP contribution in [0.4, 0.5) is 4.39 Å². The Morgan fingerprint density at radius 2 is 2.10 bits per heavy atom. The lowest BCUT2D eigenvalue weighted by atomic mass is 9.77. The van der Waals surface area contributed by atoms with E-state index >= 15 is 0 Å². The molecule has 0 saturated heterocycles. The number of nitrogens with zero attached hydrogens (tertiary/aromatic N) is 1. The van der Waals surface area contributed by atoms with Crippen molar-refractivity contribution in [3.05, 3.63) is 35.6 Å². The Hall–Kier alpha value is -0.930. The molecule has 3 heteroatoms. The highest BCUT2D eigenvalue weighted by Crippen LogP contribution is 2.35. The topological polar surface area (TPSA) is 15.3 Å². The molecule has 1 fully saturated rings. The van der Waals surface area contributed by atoms with Gasteiger partial charge in [-0.25, -0.2) is 4.39 Å². The van der Waals surface area contributed by atoms with Crippen LogP contribution in [0, 0.1) is 11.7 Å². The van der Waals surface area contributed by atoms with E-state index in [1.165, 1.54) is 19.3 Å². The third-order valence-corrected chi connectivity index (χ3v) is 4.70. The molecule has 20 heavy (non-hydrogen) atoms. The third-order valence-electron chi connectivity index (χ3n) is 4.70. The summed E-state index contributed by atoms with van der Waals surface area (Å²) in [6.45, 7) is 6.48. The highest BCUT2D eigenvalue weighted by Gasteiger charge is 2.35. The lowest BCUT2D eigenvalue weighted by Crippen LogP contribution is -2.49. The Balaban J connectivity index is 1.93. The zero-order valence-corrected chi connectivity index (χ0v) is 12.9. The first-order valence-corrected chi connectivity index (χ1v) is 7.82. The van der Waals surface area contributed by atoms with E-state index in [0.717, 1.165) is 18.7 Å². The SMILES string of the molecule is CCCNCC1CCC1N(C)C(C)c1ccccc1F. The van der Waals surface area contributed by atoms with Crippen LogP contribution in [-0.4, -0.2) is 31.1 Å². The van der Waals surface area contributed by atoms with Gasteiger partial charge in [0.05, 0.1) is 0 Å². The maximum Gasteiger partial charge on any atom is 0.127 e. The molecule has 1 aromatic carbocycles. The lowest BCUT2D eigenvalue weighted by molar-refractivity contribution is 0.0539. The van der Waals surface area contributed by atoms with E-state index in [4.69, 9.17) is 0 Å². The molecular weight excluding hydrogens is 251 g/mol. The van der Waals surface area contributed by atoms with Gasteiger partial charge in [0.15, 0.2) is 0 Å². The molecule has 1 aliphatic carbocycles. The van der Waals surface area contributed by atoms with Crippen LogP contribution in [0.3, 0.4) is 0 Å². The van der Waals surface area contributed by atoms with Gasteiger partial charge in [0.2, 0.25) is 0 Å². The number of rotatable bonds is 7. The normalized spacial score (nSPS) is 23.6. The third kappa shape index (κ3) is 3.39. The van der Waals surface area contributed by atoms with Gasteiger partial charge < -0.3 is 5.32 Å². The van der Waals surface area contributed by atoms with Crippen molar-refractivity contribution < 1.29 is 4.39 Å². The molecule has 3 unspecified atom stereocenters. The zero-order chi connectivity index (χ0) is 14.5. The molecular formula is C17H27FN2. The molecule has 0 aromatic heterocycles. The van der Waals surface area contributed by atoms with Crippen LogP contribution >= 0.6 is 0 Å². The minimum atomic E-state index is -0.0909. The fourth-order valence-corrected chi connectivity index (χ4v) is 3.11. The van der Waals surface area contributed by atoms with Crippen LogP contribution in [0.25, 0.3) is 0 Å². The van der Waals surface area contributed by atoms with E-state index in [-0.39, 0.29) is 11.9 Å². The van der Waals surface area contributed by atoms with Crippen molar-refractivity contribution in [2.75, 3.05) is 20.1 Å². The van der Waals surface area contributed by atoms with E-state index in [1.54, 1.807) is 12.1 Å².